The van der Waals surface area contributed by atoms with Crippen LogP contribution in [0.25, 0.3) is 0 Å². The minimum Gasteiger partial charge on any atom is -0.476 e. The summed E-state index contributed by atoms with van der Waals surface area (Å²) in [5, 5.41) is 16.2. The van der Waals surface area contributed by atoms with Crippen LogP contribution in [0, 0.1) is 11.3 Å². The maximum atomic E-state index is 12.4. The summed E-state index contributed by atoms with van der Waals surface area (Å²) in [5.74, 6) is -1.60. The minimum absolute atomic E-state index is 0.272. The average Bonchev–Trinajstić information content (AvgIpc) is 2.15. The van der Waals surface area contributed by atoms with Crippen LogP contribution in [0.15, 0.2) is 6.20 Å². The standard InChI is InChI=1S/C8H2ClF3N2O2/c9-5-3(1-13)4(8(10,11)12)2-14-6(5)7(15)16/h2H,(H,15,16). The van der Waals surface area contributed by atoms with Crippen molar-refractivity contribution in [3.8, 4) is 6.07 Å². The number of carbonyl (C=O) groups is 1. The fourth-order valence-corrected chi connectivity index (χ4v) is 1.23. The van der Waals surface area contributed by atoms with Gasteiger partial charge in [0.1, 0.15) is 6.07 Å². The molecule has 0 spiro atoms. The van der Waals surface area contributed by atoms with Crippen LogP contribution in [0.1, 0.15) is 21.6 Å². The molecule has 4 nitrogen and oxygen atoms in total. The van der Waals surface area contributed by atoms with Gasteiger partial charge in [0.2, 0.25) is 0 Å². The van der Waals surface area contributed by atoms with Gasteiger partial charge in [-0.25, -0.2) is 9.78 Å². The van der Waals surface area contributed by atoms with E-state index in [1.54, 1.807) is 0 Å². The Kier molecular flexibility index (Phi) is 3.05. The van der Waals surface area contributed by atoms with Gasteiger partial charge >= 0.3 is 12.1 Å². The molecular formula is C8H2ClF3N2O2. The third-order valence-electron chi connectivity index (χ3n) is 1.64. The quantitative estimate of drug-likeness (QED) is 0.830. The topological polar surface area (TPSA) is 74.0 Å². The third-order valence-corrected chi connectivity index (χ3v) is 2.01. The van der Waals surface area contributed by atoms with Crippen LogP contribution in [0.2, 0.25) is 5.02 Å². The highest BCUT2D eigenvalue weighted by Crippen LogP contribution is 2.34. The van der Waals surface area contributed by atoms with Gasteiger partial charge in [0, 0.05) is 6.20 Å². The first kappa shape index (κ1) is 12.3. The van der Waals surface area contributed by atoms with E-state index in [1.807, 2.05) is 0 Å². The van der Waals surface area contributed by atoms with Crippen LogP contribution in [0.3, 0.4) is 0 Å². The molecule has 1 heterocycles. The fraction of sp³-hybridized carbons (Fsp3) is 0.125. The van der Waals surface area contributed by atoms with Gasteiger partial charge < -0.3 is 5.11 Å². The van der Waals surface area contributed by atoms with Crippen molar-refractivity contribution in [2.75, 3.05) is 0 Å². The van der Waals surface area contributed by atoms with Crippen molar-refractivity contribution in [3.05, 3.63) is 28.0 Å². The van der Waals surface area contributed by atoms with Crippen molar-refractivity contribution >= 4 is 17.6 Å². The highest BCUT2D eigenvalue weighted by atomic mass is 35.5. The summed E-state index contributed by atoms with van der Waals surface area (Å²) in [6.45, 7) is 0. The summed E-state index contributed by atoms with van der Waals surface area (Å²) < 4.78 is 37.1. The Morgan fingerprint density at radius 1 is 1.56 bits per heavy atom. The van der Waals surface area contributed by atoms with Gasteiger partial charge in [-0.15, -0.1) is 0 Å². The van der Waals surface area contributed by atoms with Crippen LogP contribution in [-0.4, -0.2) is 16.1 Å². The molecule has 0 aliphatic rings. The molecule has 1 N–H and O–H groups in total. The van der Waals surface area contributed by atoms with Crippen molar-refractivity contribution < 1.29 is 23.1 Å². The van der Waals surface area contributed by atoms with Gasteiger partial charge in [0.05, 0.1) is 16.1 Å². The van der Waals surface area contributed by atoms with E-state index in [0.717, 1.165) is 0 Å². The number of nitriles is 1. The van der Waals surface area contributed by atoms with Gasteiger partial charge in [0.25, 0.3) is 0 Å². The van der Waals surface area contributed by atoms with E-state index < -0.39 is 34.0 Å². The lowest BCUT2D eigenvalue weighted by Gasteiger charge is -2.09. The minimum atomic E-state index is -4.81. The molecule has 16 heavy (non-hydrogen) atoms. The molecule has 0 saturated heterocycles. The van der Waals surface area contributed by atoms with Crippen LogP contribution in [-0.2, 0) is 6.18 Å². The number of pyridine rings is 1. The van der Waals surface area contributed by atoms with E-state index in [4.69, 9.17) is 22.0 Å². The normalized spacial score (nSPS) is 10.9. The monoisotopic (exact) mass is 250 g/mol. The molecule has 8 heteroatoms. The molecule has 0 saturated carbocycles. The molecule has 0 atom stereocenters. The zero-order chi connectivity index (χ0) is 12.5. The highest BCUT2D eigenvalue weighted by molar-refractivity contribution is 6.34. The van der Waals surface area contributed by atoms with E-state index in [9.17, 15) is 18.0 Å². The third kappa shape index (κ3) is 2.06. The number of carboxylic acid groups (broad SMARTS) is 1. The number of nitrogens with zero attached hydrogens (tertiary/aromatic N) is 2. The van der Waals surface area contributed by atoms with Crippen molar-refractivity contribution in [3.63, 3.8) is 0 Å². The number of rotatable bonds is 1. The first-order chi connectivity index (χ1) is 7.29. The predicted molar refractivity (Wildman–Crippen MR) is 45.9 cm³/mol. The fourth-order valence-electron chi connectivity index (χ4n) is 0.960. The Bertz CT molecular complexity index is 493. The van der Waals surface area contributed by atoms with Crippen LogP contribution in [0.4, 0.5) is 13.2 Å². The second kappa shape index (κ2) is 3.98. The van der Waals surface area contributed by atoms with Crippen molar-refractivity contribution in [2.45, 2.75) is 6.18 Å². The summed E-state index contributed by atoms with van der Waals surface area (Å²) in [6.07, 6.45) is -4.54. The van der Waals surface area contributed by atoms with E-state index in [1.165, 1.54) is 6.07 Å². The molecule has 0 aliphatic heterocycles. The lowest BCUT2D eigenvalue weighted by molar-refractivity contribution is -0.138. The first-order valence-corrected chi connectivity index (χ1v) is 4.06. The molecule has 0 unspecified atom stereocenters. The largest absolute Gasteiger partial charge is 0.476 e. The van der Waals surface area contributed by atoms with Crippen LogP contribution >= 0.6 is 11.6 Å². The van der Waals surface area contributed by atoms with Crippen LogP contribution in [0.5, 0.6) is 0 Å². The van der Waals surface area contributed by atoms with Crippen molar-refractivity contribution in [1.29, 1.82) is 5.26 Å². The number of aromatic carboxylic acids is 1. The number of carboxylic acids is 1. The van der Waals surface area contributed by atoms with Gasteiger partial charge in [-0.3, -0.25) is 0 Å². The molecule has 0 radical (unpaired) electrons. The zero-order valence-electron chi connectivity index (χ0n) is 7.34. The summed E-state index contributed by atoms with van der Waals surface area (Å²) in [7, 11) is 0. The maximum absolute atomic E-state index is 12.4. The number of hydrogen-bond donors (Lipinski definition) is 1. The van der Waals surface area contributed by atoms with Crippen molar-refractivity contribution in [1.82, 2.24) is 4.98 Å². The maximum Gasteiger partial charge on any atom is 0.419 e. The second-order valence-corrected chi connectivity index (χ2v) is 3.00. The number of hydrogen-bond acceptors (Lipinski definition) is 3. The smallest absolute Gasteiger partial charge is 0.419 e. The Morgan fingerprint density at radius 3 is 2.50 bits per heavy atom. The number of alkyl halides is 3. The molecule has 0 aliphatic carbocycles. The van der Waals surface area contributed by atoms with E-state index in [2.05, 4.69) is 4.98 Å². The Hall–Kier alpha value is -1.81. The highest BCUT2D eigenvalue weighted by Gasteiger charge is 2.36. The predicted octanol–water partition coefficient (Wildman–Crippen LogP) is 2.32. The van der Waals surface area contributed by atoms with Gasteiger partial charge in [-0.1, -0.05) is 11.6 Å². The second-order valence-electron chi connectivity index (χ2n) is 2.62. The Labute approximate surface area is 91.9 Å². The van der Waals surface area contributed by atoms with E-state index in [0.29, 0.717) is 0 Å². The molecule has 0 fully saturated rings. The molecule has 1 rings (SSSR count). The molecule has 0 aromatic carbocycles. The van der Waals surface area contributed by atoms with Gasteiger partial charge in [-0.2, -0.15) is 18.4 Å². The number of aromatic nitrogens is 1. The van der Waals surface area contributed by atoms with Crippen LogP contribution < -0.4 is 0 Å². The summed E-state index contributed by atoms with van der Waals surface area (Å²) >= 11 is 5.35. The molecule has 0 bridgehead atoms. The van der Waals surface area contributed by atoms with E-state index in [-0.39, 0.29) is 6.20 Å². The number of halogens is 4. The van der Waals surface area contributed by atoms with Crippen molar-refractivity contribution in [2.24, 2.45) is 0 Å². The van der Waals surface area contributed by atoms with Gasteiger partial charge in [-0.05, 0) is 0 Å². The summed E-state index contributed by atoms with van der Waals surface area (Å²) in [4.78, 5) is 13.6. The summed E-state index contributed by atoms with van der Waals surface area (Å²) in [6, 6.07) is 1.21. The van der Waals surface area contributed by atoms with E-state index >= 15 is 0 Å². The Balaban J connectivity index is 3.56. The molecule has 0 amide bonds. The SMILES string of the molecule is N#Cc1c(C(F)(F)F)cnc(C(=O)O)c1Cl. The Morgan fingerprint density at radius 2 is 2.12 bits per heavy atom. The molecule has 1 aromatic heterocycles. The average molecular weight is 251 g/mol. The lowest BCUT2D eigenvalue weighted by Crippen LogP contribution is -2.12. The molecular weight excluding hydrogens is 249 g/mol. The molecule has 84 valence electrons. The zero-order valence-corrected chi connectivity index (χ0v) is 8.10. The summed E-state index contributed by atoms with van der Waals surface area (Å²) in [5.41, 5.74) is -3.09. The van der Waals surface area contributed by atoms with Gasteiger partial charge in [0.15, 0.2) is 5.69 Å². The first-order valence-electron chi connectivity index (χ1n) is 3.68. The lowest BCUT2D eigenvalue weighted by atomic mass is 10.1. The molecule has 1 aromatic rings.